The van der Waals surface area contributed by atoms with Crippen molar-refractivity contribution in [3.63, 3.8) is 0 Å². The van der Waals surface area contributed by atoms with Gasteiger partial charge in [-0.2, -0.15) is 4.39 Å². The second-order valence-corrected chi connectivity index (χ2v) is 5.92. The van der Waals surface area contributed by atoms with Crippen LogP contribution in [0.15, 0.2) is 34.8 Å². The molecule has 0 bridgehead atoms. The summed E-state index contributed by atoms with van der Waals surface area (Å²) < 4.78 is 33.4. The molecule has 0 amide bonds. The zero-order valence-corrected chi connectivity index (χ0v) is 12.3. The first kappa shape index (κ1) is 13.3. The van der Waals surface area contributed by atoms with Gasteiger partial charge in [0, 0.05) is 10.2 Å². The van der Waals surface area contributed by atoms with Crippen LogP contribution in [0.3, 0.4) is 0 Å². The van der Waals surface area contributed by atoms with Gasteiger partial charge < -0.3 is 10.5 Å². The number of aromatic nitrogens is 1. The van der Waals surface area contributed by atoms with Gasteiger partial charge in [-0.25, -0.2) is 9.37 Å². The highest BCUT2D eigenvalue weighted by molar-refractivity contribution is 9.10. The average Bonchev–Trinajstić information content (AvgIpc) is 2.76. The van der Waals surface area contributed by atoms with Gasteiger partial charge in [0.15, 0.2) is 11.6 Å². The second-order valence-electron chi connectivity index (χ2n) is 4.01. The molecule has 0 fully saturated rings. The van der Waals surface area contributed by atoms with Gasteiger partial charge in [-0.15, -0.1) is 0 Å². The molecule has 0 spiro atoms. The monoisotopic (exact) mass is 356 g/mol. The number of nitrogens with zero attached hydrogens (tertiary/aromatic N) is 1. The molecule has 1 heterocycles. The summed E-state index contributed by atoms with van der Waals surface area (Å²) in [6.07, 6.45) is 0. The van der Waals surface area contributed by atoms with Crippen molar-refractivity contribution in [2.45, 2.75) is 0 Å². The van der Waals surface area contributed by atoms with Crippen LogP contribution in [-0.4, -0.2) is 4.98 Å². The molecular formula is C13H7BrF2N2OS. The molecule has 3 aromatic rings. The minimum absolute atomic E-state index is 0.219. The molecule has 3 nitrogen and oxygen atoms in total. The minimum Gasteiger partial charge on any atom is -0.428 e. The fourth-order valence-corrected chi connectivity index (χ4v) is 2.95. The normalized spacial score (nSPS) is 10.9. The molecule has 0 saturated carbocycles. The number of thiazole rings is 1. The average molecular weight is 357 g/mol. The number of hydrogen-bond acceptors (Lipinski definition) is 4. The van der Waals surface area contributed by atoms with E-state index in [1.807, 2.05) is 0 Å². The topological polar surface area (TPSA) is 48.1 Å². The van der Waals surface area contributed by atoms with Gasteiger partial charge in [-0.05, 0) is 30.3 Å². The Hall–Kier alpha value is -1.73. The lowest BCUT2D eigenvalue weighted by molar-refractivity contribution is 0.414. The Balaban J connectivity index is 2.01. The molecule has 2 N–H and O–H groups in total. The molecular weight excluding hydrogens is 350 g/mol. The van der Waals surface area contributed by atoms with E-state index in [1.54, 1.807) is 18.2 Å². The van der Waals surface area contributed by atoms with Crippen LogP contribution in [0.5, 0.6) is 10.9 Å². The Bertz CT molecular complexity index is 806. The summed E-state index contributed by atoms with van der Waals surface area (Å²) in [5, 5.41) is 0.224. The van der Waals surface area contributed by atoms with Crippen LogP contribution in [-0.2, 0) is 0 Å². The molecule has 0 radical (unpaired) electrons. The van der Waals surface area contributed by atoms with Crippen LogP contribution in [0.1, 0.15) is 0 Å². The van der Waals surface area contributed by atoms with Gasteiger partial charge >= 0.3 is 0 Å². The van der Waals surface area contributed by atoms with E-state index in [2.05, 4.69) is 20.9 Å². The third-order valence-corrected chi connectivity index (χ3v) is 3.90. The first-order valence-corrected chi connectivity index (χ1v) is 7.12. The van der Waals surface area contributed by atoms with E-state index >= 15 is 0 Å². The van der Waals surface area contributed by atoms with Crippen molar-refractivity contribution >= 4 is 43.2 Å². The lowest BCUT2D eigenvalue weighted by Crippen LogP contribution is -1.91. The van der Waals surface area contributed by atoms with E-state index < -0.39 is 11.6 Å². The SMILES string of the molecule is Nc1ccc2nc(Oc3cc(Br)cc(F)c3F)sc2c1. The lowest BCUT2D eigenvalue weighted by atomic mass is 10.3. The number of nitrogens with two attached hydrogens (primary N) is 1. The number of fused-ring (bicyclic) bond motifs is 1. The highest BCUT2D eigenvalue weighted by Crippen LogP contribution is 2.34. The first-order valence-electron chi connectivity index (χ1n) is 5.51. The van der Waals surface area contributed by atoms with Crippen LogP contribution < -0.4 is 10.5 Å². The number of benzene rings is 2. The summed E-state index contributed by atoms with van der Waals surface area (Å²) in [5.41, 5.74) is 6.97. The predicted molar refractivity (Wildman–Crippen MR) is 78.2 cm³/mol. The van der Waals surface area contributed by atoms with Crippen molar-refractivity contribution in [2.24, 2.45) is 0 Å². The maximum absolute atomic E-state index is 13.6. The van der Waals surface area contributed by atoms with Crippen LogP contribution in [0.2, 0.25) is 0 Å². The minimum atomic E-state index is -1.05. The van der Waals surface area contributed by atoms with E-state index in [0.29, 0.717) is 15.7 Å². The Kier molecular flexibility index (Phi) is 3.31. The van der Waals surface area contributed by atoms with E-state index in [1.165, 1.54) is 17.4 Å². The van der Waals surface area contributed by atoms with Crippen molar-refractivity contribution in [1.82, 2.24) is 4.98 Å². The third-order valence-electron chi connectivity index (χ3n) is 2.55. The maximum Gasteiger partial charge on any atom is 0.279 e. The zero-order valence-electron chi connectivity index (χ0n) is 9.86. The molecule has 0 atom stereocenters. The van der Waals surface area contributed by atoms with Gasteiger partial charge in [-0.3, -0.25) is 0 Å². The van der Waals surface area contributed by atoms with Crippen molar-refractivity contribution < 1.29 is 13.5 Å². The van der Waals surface area contributed by atoms with Gasteiger partial charge in [0.25, 0.3) is 5.19 Å². The number of halogens is 3. The van der Waals surface area contributed by atoms with Crippen LogP contribution in [0, 0.1) is 11.6 Å². The Morgan fingerprint density at radius 1 is 1.20 bits per heavy atom. The lowest BCUT2D eigenvalue weighted by Gasteiger charge is -2.04. The quantitative estimate of drug-likeness (QED) is 0.534. The molecule has 0 aliphatic heterocycles. The summed E-state index contributed by atoms with van der Waals surface area (Å²) in [5.74, 6) is -2.25. The molecule has 102 valence electrons. The smallest absolute Gasteiger partial charge is 0.279 e. The van der Waals surface area contributed by atoms with Gasteiger partial charge in [0.05, 0.1) is 10.2 Å². The summed E-state index contributed by atoms with van der Waals surface area (Å²) in [4.78, 5) is 4.19. The molecule has 0 aliphatic carbocycles. The molecule has 1 aromatic heterocycles. The summed E-state index contributed by atoms with van der Waals surface area (Å²) >= 11 is 4.29. The standard InChI is InChI=1S/C13H7BrF2N2OS/c14-6-3-8(15)12(16)10(4-6)19-13-18-9-2-1-7(17)5-11(9)20-13/h1-5H,17H2. The second kappa shape index (κ2) is 4.99. The van der Waals surface area contributed by atoms with E-state index in [0.717, 1.165) is 10.8 Å². The summed E-state index contributed by atoms with van der Waals surface area (Å²) in [7, 11) is 0. The Morgan fingerprint density at radius 2 is 2.00 bits per heavy atom. The largest absolute Gasteiger partial charge is 0.428 e. The van der Waals surface area contributed by atoms with Gasteiger partial charge in [0.2, 0.25) is 5.82 Å². The summed E-state index contributed by atoms with van der Waals surface area (Å²) in [6, 6.07) is 7.58. The molecule has 2 aromatic carbocycles. The maximum atomic E-state index is 13.6. The van der Waals surface area contributed by atoms with Gasteiger partial charge in [-0.1, -0.05) is 27.3 Å². The Labute approximate surface area is 125 Å². The number of hydrogen-bond donors (Lipinski definition) is 1. The first-order chi connectivity index (χ1) is 9.52. The van der Waals surface area contributed by atoms with Crippen molar-refractivity contribution in [3.05, 3.63) is 46.4 Å². The van der Waals surface area contributed by atoms with Crippen molar-refractivity contribution in [1.29, 1.82) is 0 Å². The van der Waals surface area contributed by atoms with Crippen LogP contribution in [0.4, 0.5) is 14.5 Å². The number of anilines is 1. The molecule has 0 aliphatic rings. The highest BCUT2D eigenvalue weighted by atomic mass is 79.9. The molecule has 0 unspecified atom stereocenters. The number of rotatable bonds is 2. The fourth-order valence-electron chi connectivity index (χ4n) is 1.66. The predicted octanol–water partition coefficient (Wildman–Crippen LogP) is 4.71. The molecule has 20 heavy (non-hydrogen) atoms. The third kappa shape index (κ3) is 2.46. The number of nitrogen functional groups attached to an aromatic ring is 1. The van der Waals surface area contributed by atoms with Crippen LogP contribution >= 0.6 is 27.3 Å². The zero-order chi connectivity index (χ0) is 14.3. The van der Waals surface area contributed by atoms with Crippen molar-refractivity contribution in [2.75, 3.05) is 5.73 Å². The highest BCUT2D eigenvalue weighted by Gasteiger charge is 2.14. The number of ether oxygens (including phenoxy) is 1. The summed E-state index contributed by atoms with van der Waals surface area (Å²) in [6.45, 7) is 0. The molecule has 0 saturated heterocycles. The van der Waals surface area contributed by atoms with Crippen molar-refractivity contribution in [3.8, 4) is 10.9 Å². The van der Waals surface area contributed by atoms with E-state index in [4.69, 9.17) is 10.5 Å². The van der Waals surface area contributed by atoms with Crippen LogP contribution in [0.25, 0.3) is 10.2 Å². The molecule has 3 rings (SSSR count). The fraction of sp³-hybridized carbons (Fsp3) is 0. The van der Waals surface area contributed by atoms with E-state index in [9.17, 15) is 8.78 Å². The molecule has 7 heteroatoms. The Morgan fingerprint density at radius 3 is 2.80 bits per heavy atom. The van der Waals surface area contributed by atoms with Gasteiger partial charge in [0.1, 0.15) is 0 Å². The van der Waals surface area contributed by atoms with E-state index in [-0.39, 0.29) is 10.9 Å².